The third kappa shape index (κ3) is 4.26. The minimum atomic E-state index is -1.61. The number of rotatable bonds is 7. The van der Waals surface area contributed by atoms with E-state index in [0.717, 1.165) is 0 Å². The quantitative estimate of drug-likeness (QED) is 0.501. The van der Waals surface area contributed by atoms with Crippen LogP contribution in [-0.4, -0.2) is 96.3 Å². The van der Waals surface area contributed by atoms with Crippen molar-refractivity contribution in [2.45, 2.75) is 25.1 Å². The van der Waals surface area contributed by atoms with E-state index in [1.54, 1.807) is 43.7 Å². The number of fused-ring (bicyclic) bond motifs is 2. The van der Waals surface area contributed by atoms with Gasteiger partial charge in [-0.3, -0.25) is 34.2 Å². The van der Waals surface area contributed by atoms with E-state index in [1.165, 1.54) is 21.1 Å². The predicted octanol–water partition coefficient (Wildman–Crippen LogP) is 0.336. The fourth-order valence-electron chi connectivity index (χ4n) is 6.30. The molecule has 2 bridgehead atoms. The highest BCUT2D eigenvalue weighted by Crippen LogP contribution is 2.62. The predicted molar refractivity (Wildman–Crippen MR) is 132 cm³/mol. The Labute approximate surface area is 215 Å². The average Bonchev–Trinajstić information content (AvgIpc) is 2.90. The summed E-state index contributed by atoms with van der Waals surface area (Å²) in [5, 5.41) is 15.0. The van der Waals surface area contributed by atoms with E-state index in [9.17, 15) is 19.5 Å². The Morgan fingerprint density at radius 2 is 1.46 bits per heavy atom. The molecule has 11 heteroatoms. The number of nitrogens with zero attached hydrogens (tertiary/aromatic N) is 4. The summed E-state index contributed by atoms with van der Waals surface area (Å²) >= 11 is 0. The molecule has 4 heterocycles. The molecule has 2 aromatic rings. The molecule has 0 spiro atoms. The molecule has 11 nitrogen and oxygen atoms in total. The molecule has 37 heavy (non-hydrogen) atoms. The summed E-state index contributed by atoms with van der Waals surface area (Å²) in [5.74, 6) is -1.53. The van der Waals surface area contributed by atoms with Crippen molar-refractivity contribution in [1.29, 1.82) is 0 Å². The van der Waals surface area contributed by atoms with Crippen LogP contribution >= 0.6 is 0 Å². The molecule has 2 aliphatic heterocycles. The van der Waals surface area contributed by atoms with Crippen LogP contribution in [0.4, 0.5) is 0 Å². The number of aliphatic hydroxyl groups is 1. The Bertz CT molecular complexity index is 1060. The summed E-state index contributed by atoms with van der Waals surface area (Å²) < 4.78 is 10.6. The van der Waals surface area contributed by atoms with Gasteiger partial charge in [-0.15, -0.1) is 0 Å². The number of ether oxygens (including phenoxy) is 2. The number of hydrogen-bond donors (Lipinski definition) is 2. The van der Waals surface area contributed by atoms with Crippen LogP contribution < -0.4 is 5.32 Å². The first kappa shape index (κ1) is 26.6. The lowest BCUT2D eigenvalue weighted by atomic mass is 9.53. The van der Waals surface area contributed by atoms with Crippen molar-refractivity contribution in [2.24, 2.45) is 10.8 Å². The number of aromatic nitrogens is 2. The minimum absolute atomic E-state index is 0.0691. The molecule has 0 saturated carbocycles. The summed E-state index contributed by atoms with van der Waals surface area (Å²) in [4.78, 5) is 52.0. The zero-order valence-corrected chi connectivity index (χ0v) is 21.5. The van der Waals surface area contributed by atoms with Crippen molar-refractivity contribution in [3.63, 3.8) is 0 Å². The van der Waals surface area contributed by atoms with Gasteiger partial charge in [0.1, 0.15) is 10.8 Å². The van der Waals surface area contributed by atoms with Gasteiger partial charge in [0.05, 0.1) is 43.8 Å². The summed E-state index contributed by atoms with van der Waals surface area (Å²) in [6.07, 6.45) is 1.75. The first-order valence-corrected chi connectivity index (χ1v) is 12.1. The molecular weight excluding hydrogens is 478 g/mol. The Kier molecular flexibility index (Phi) is 7.58. The molecular formula is C26H33N5O6. The number of piperidine rings is 2. The molecule has 2 aliphatic rings. The SMILES string of the molecule is COC(=O)C12CN(CCNC(C)=O)CC(C(=O)OC)(C(c3ccccn3)N(C)C1c1ccccn1)C2O. The summed E-state index contributed by atoms with van der Waals surface area (Å²) in [5.41, 5.74) is -2.13. The van der Waals surface area contributed by atoms with Gasteiger partial charge >= 0.3 is 11.9 Å². The number of carbonyl (C=O) groups is 3. The van der Waals surface area contributed by atoms with Gasteiger partial charge < -0.3 is 19.9 Å². The number of methoxy groups -OCH3 is 2. The van der Waals surface area contributed by atoms with Crippen LogP contribution in [0.1, 0.15) is 30.4 Å². The fraction of sp³-hybridized carbons (Fsp3) is 0.500. The maximum Gasteiger partial charge on any atom is 0.317 e. The van der Waals surface area contributed by atoms with Gasteiger partial charge in [0, 0.05) is 45.5 Å². The number of carbonyl (C=O) groups excluding carboxylic acids is 3. The lowest BCUT2D eigenvalue weighted by Crippen LogP contribution is -2.77. The summed E-state index contributed by atoms with van der Waals surface area (Å²) in [6, 6.07) is 9.18. The maximum atomic E-state index is 13.8. The van der Waals surface area contributed by atoms with Gasteiger partial charge in [0.15, 0.2) is 0 Å². The monoisotopic (exact) mass is 511 g/mol. The number of hydrogen-bond acceptors (Lipinski definition) is 10. The molecule has 4 atom stereocenters. The highest BCUT2D eigenvalue weighted by molar-refractivity contribution is 5.86. The number of nitrogens with one attached hydrogen (secondary N) is 1. The van der Waals surface area contributed by atoms with Crippen molar-refractivity contribution in [2.75, 3.05) is 47.4 Å². The highest BCUT2D eigenvalue weighted by atomic mass is 16.5. The molecule has 4 rings (SSSR count). The highest BCUT2D eigenvalue weighted by Gasteiger charge is 2.74. The van der Waals surface area contributed by atoms with Gasteiger partial charge in [-0.05, 0) is 31.3 Å². The molecule has 1 amide bonds. The first-order chi connectivity index (χ1) is 17.7. The van der Waals surface area contributed by atoms with Gasteiger partial charge in [-0.1, -0.05) is 12.1 Å². The van der Waals surface area contributed by atoms with E-state index < -0.39 is 41.0 Å². The van der Waals surface area contributed by atoms with Crippen LogP contribution in [0.15, 0.2) is 48.8 Å². The first-order valence-electron chi connectivity index (χ1n) is 12.1. The van der Waals surface area contributed by atoms with Crippen LogP contribution in [0, 0.1) is 10.8 Å². The molecule has 2 fully saturated rings. The summed E-state index contributed by atoms with van der Waals surface area (Å²) in [7, 11) is 4.33. The molecule has 0 aromatic carbocycles. The third-order valence-electron chi connectivity index (χ3n) is 7.61. The Hall–Kier alpha value is -3.41. The van der Waals surface area contributed by atoms with Gasteiger partial charge in [-0.25, -0.2) is 0 Å². The number of pyridine rings is 2. The number of likely N-dealkylation sites (tertiary alicyclic amines) is 2. The van der Waals surface area contributed by atoms with Crippen LogP contribution in [-0.2, 0) is 23.9 Å². The number of amides is 1. The lowest BCUT2D eigenvalue weighted by Gasteiger charge is -2.64. The zero-order chi connectivity index (χ0) is 26.8. The average molecular weight is 512 g/mol. The second-order valence-electron chi connectivity index (χ2n) is 9.64. The second-order valence-corrected chi connectivity index (χ2v) is 9.64. The Morgan fingerprint density at radius 3 is 1.84 bits per heavy atom. The molecule has 198 valence electrons. The zero-order valence-electron chi connectivity index (χ0n) is 21.5. The molecule has 4 unspecified atom stereocenters. The van der Waals surface area contributed by atoms with Crippen LogP contribution in [0.2, 0.25) is 0 Å². The van der Waals surface area contributed by atoms with E-state index in [2.05, 4.69) is 15.3 Å². The Balaban J connectivity index is 1.99. The van der Waals surface area contributed by atoms with E-state index in [0.29, 0.717) is 17.9 Å². The number of esters is 2. The van der Waals surface area contributed by atoms with E-state index >= 15 is 0 Å². The van der Waals surface area contributed by atoms with Crippen LogP contribution in [0.5, 0.6) is 0 Å². The second kappa shape index (κ2) is 10.5. The topological polar surface area (TPSA) is 134 Å². The lowest BCUT2D eigenvalue weighted by molar-refractivity contribution is -0.249. The molecule has 2 aromatic heterocycles. The molecule has 0 radical (unpaired) electrons. The van der Waals surface area contributed by atoms with Gasteiger partial charge in [-0.2, -0.15) is 0 Å². The van der Waals surface area contributed by atoms with Crippen LogP contribution in [0.25, 0.3) is 0 Å². The smallest absolute Gasteiger partial charge is 0.317 e. The molecule has 2 saturated heterocycles. The number of aliphatic hydroxyl groups excluding tert-OH is 1. The van der Waals surface area contributed by atoms with E-state index in [4.69, 9.17) is 9.47 Å². The molecule has 0 aliphatic carbocycles. The van der Waals surface area contributed by atoms with E-state index in [-0.39, 0.29) is 25.5 Å². The van der Waals surface area contributed by atoms with Crippen molar-refractivity contribution in [1.82, 2.24) is 25.1 Å². The minimum Gasteiger partial charge on any atom is -0.468 e. The standard InChI is InChI=1S/C26H33N5O6/c1-17(32)27-13-14-31-15-25(23(34)36-3)20(18-9-5-7-11-28-18)30(2)21(19-10-6-8-12-29-19)26(16-31,22(25)33)24(35)37-4/h5-12,20-22,33H,13-16H2,1-4H3,(H,27,32). The maximum absolute atomic E-state index is 13.8. The van der Waals surface area contributed by atoms with Gasteiger partial charge in [0.2, 0.25) is 5.91 Å². The van der Waals surface area contributed by atoms with Crippen molar-refractivity contribution < 1.29 is 29.0 Å². The van der Waals surface area contributed by atoms with Crippen molar-refractivity contribution >= 4 is 17.8 Å². The normalized spacial score (nSPS) is 29.8. The summed E-state index contributed by atoms with van der Waals surface area (Å²) in [6.45, 7) is 2.18. The Morgan fingerprint density at radius 1 is 0.973 bits per heavy atom. The van der Waals surface area contributed by atoms with E-state index in [1.807, 2.05) is 21.9 Å². The van der Waals surface area contributed by atoms with Gasteiger partial charge in [0.25, 0.3) is 0 Å². The van der Waals surface area contributed by atoms with Crippen LogP contribution in [0.3, 0.4) is 0 Å². The third-order valence-corrected chi connectivity index (χ3v) is 7.61. The molecule has 2 N–H and O–H groups in total. The van der Waals surface area contributed by atoms with Crippen molar-refractivity contribution in [3.8, 4) is 0 Å². The fourth-order valence-corrected chi connectivity index (χ4v) is 6.30. The largest absolute Gasteiger partial charge is 0.468 e. The van der Waals surface area contributed by atoms with Crippen molar-refractivity contribution in [3.05, 3.63) is 60.2 Å².